The fourth-order valence-corrected chi connectivity index (χ4v) is 2.79. The molecule has 0 aliphatic heterocycles. The van der Waals surface area contributed by atoms with Crippen molar-refractivity contribution in [2.75, 3.05) is 0 Å². The quantitative estimate of drug-likeness (QED) is 0.235. The average molecular weight is 283 g/mol. The van der Waals surface area contributed by atoms with Gasteiger partial charge in [-0.2, -0.15) is 4.91 Å². The smallest absolute Gasteiger partial charge is 0.0998 e. The van der Waals surface area contributed by atoms with E-state index in [4.69, 9.17) is 0 Å². The summed E-state index contributed by atoms with van der Waals surface area (Å²) in [5.74, 6) is 0. The van der Waals surface area contributed by atoms with Crippen molar-refractivity contribution in [3.8, 4) is 0 Å². The van der Waals surface area contributed by atoms with Gasteiger partial charge in [0.15, 0.2) is 0 Å². The van der Waals surface area contributed by atoms with Gasteiger partial charge in [0, 0.05) is 0 Å². The molecule has 0 bridgehead atoms. The zero-order chi connectivity index (χ0) is 15.1. The second kappa shape index (κ2) is 13.6. The molecule has 0 radical (unpaired) electrons. The summed E-state index contributed by atoms with van der Waals surface area (Å²) < 4.78 is 0. The van der Waals surface area contributed by atoms with E-state index < -0.39 is 0 Å². The van der Waals surface area contributed by atoms with Crippen LogP contribution in [0.1, 0.15) is 111 Å². The first-order valence-electron chi connectivity index (χ1n) is 9.03. The normalized spacial score (nSPS) is 11.8. The van der Waals surface area contributed by atoms with Crippen LogP contribution in [0, 0.1) is 4.91 Å². The topological polar surface area (TPSA) is 29.4 Å². The Labute approximate surface area is 127 Å². The lowest BCUT2D eigenvalue weighted by atomic mass is 9.89. The highest BCUT2D eigenvalue weighted by molar-refractivity contribution is 4.82. The minimum absolute atomic E-state index is 0.296. The second-order valence-electron chi connectivity index (χ2n) is 6.62. The molecule has 0 aromatic carbocycles. The molecule has 0 aliphatic rings. The van der Waals surface area contributed by atoms with Gasteiger partial charge in [0.2, 0.25) is 0 Å². The Balaban J connectivity index is 3.60. The van der Waals surface area contributed by atoms with Crippen LogP contribution in [0.5, 0.6) is 0 Å². The SMILES string of the molecule is CCCCCCCCC(C)(CCCCCCCC)N=O. The zero-order valence-corrected chi connectivity index (χ0v) is 14.3. The summed E-state index contributed by atoms with van der Waals surface area (Å²) in [6.07, 6.45) is 17.5. The highest BCUT2D eigenvalue weighted by Crippen LogP contribution is 2.26. The Bertz CT molecular complexity index is 199. The van der Waals surface area contributed by atoms with Gasteiger partial charge < -0.3 is 0 Å². The van der Waals surface area contributed by atoms with E-state index in [1.54, 1.807) is 0 Å². The van der Waals surface area contributed by atoms with Crippen LogP contribution >= 0.6 is 0 Å². The summed E-state index contributed by atoms with van der Waals surface area (Å²) in [5, 5.41) is 3.44. The summed E-state index contributed by atoms with van der Waals surface area (Å²) >= 11 is 0. The fourth-order valence-electron chi connectivity index (χ4n) is 2.79. The van der Waals surface area contributed by atoms with Crippen molar-refractivity contribution in [3.63, 3.8) is 0 Å². The molecule has 0 fully saturated rings. The van der Waals surface area contributed by atoms with Crippen molar-refractivity contribution in [1.82, 2.24) is 0 Å². The largest absolute Gasteiger partial charge is 0.150 e. The fraction of sp³-hybridized carbons (Fsp3) is 1.00. The first-order chi connectivity index (χ1) is 9.68. The van der Waals surface area contributed by atoms with E-state index in [9.17, 15) is 4.91 Å². The maximum absolute atomic E-state index is 11.1. The molecule has 2 nitrogen and oxygen atoms in total. The molecule has 0 aliphatic carbocycles. The molecule has 0 aromatic heterocycles. The summed E-state index contributed by atoms with van der Waals surface area (Å²) in [6, 6.07) is 0. The van der Waals surface area contributed by atoms with Crippen LogP contribution in [0.25, 0.3) is 0 Å². The first-order valence-corrected chi connectivity index (χ1v) is 9.03. The van der Waals surface area contributed by atoms with Crippen molar-refractivity contribution in [2.24, 2.45) is 5.18 Å². The van der Waals surface area contributed by atoms with Crippen LogP contribution in [0.4, 0.5) is 0 Å². The van der Waals surface area contributed by atoms with E-state index in [0.29, 0.717) is 0 Å². The third kappa shape index (κ3) is 11.4. The van der Waals surface area contributed by atoms with Crippen LogP contribution in [0.15, 0.2) is 5.18 Å². The molecular formula is C18H37NO. The minimum Gasteiger partial charge on any atom is -0.150 e. The van der Waals surface area contributed by atoms with E-state index in [2.05, 4.69) is 25.9 Å². The zero-order valence-electron chi connectivity index (χ0n) is 14.3. The Kier molecular flexibility index (Phi) is 13.3. The Morgan fingerprint density at radius 3 is 1.35 bits per heavy atom. The molecule has 0 rings (SSSR count). The molecule has 0 saturated heterocycles. The molecule has 0 aromatic rings. The monoisotopic (exact) mass is 283 g/mol. The third-order valence-electron chi connectivity index (χ3n) is 4.36. The Hall–Kier alpha value is -0.400. The van der Waals surface area contributed by atoms with Gasteiger partial charge in [0.25, 0.3) is 0 Å². The number of nitrogens with zero attached hydrogens (tertiary/aromatic N) is 1. The van der Waals surface area contributed by atoms with Gasteiger partial charge >= 0.3 is 0 Å². The highest BCUT2D eigenvalue weighted by atomic mass is 16.3. The van der Waals surface area contributed by atoms with Crippen molar-refractivity contribution in [1.29, 1.82) is 0 Å². The first kappa shape index (κ1) is 19.6. The van der Waals surface area contributed by atoms with Gasteiger partial charge in [0.05, 0.1) is 5.54 Å². The van der Waals surface area contributed by atoms with Crippen molar-refractivity contribution in [3.05, 3.63) is 4.91 Å². The molecule has 0 atom stereocenters. The maximum Gasteiger partial charge on any atom is 0.0998 e. The van der Waals surface area contributed by atoms with Crippen molar-refractivity contribution < 1.29 is 0 Å². The number of hydrogen-bond donors (Lipinski definition) is 0. The summed E-state index contributed by atoms with van der Waals surface area (Å²) in [5.41, 5.74) is -0.296. The molecule has 0 N–H and O–H groups in total. The van der Waals surface area contributed by atoms with Gasteiger partial charge in [-0.15, -0.1) is 0 Å². The molecule has 0 spiro atoms. The number of hydrogen-bond acceptors (Lipinski definition) is 2. The predicted octanol–water partition coefficient (Wildman–Crippen LogP) is 7.01. The van der Waals surface area contributed by atoms with E-state index in [-0.39, 0.29) is 5.54 Å². The third-order valence-corrected chi connectivity index (χ3v) is 4.36. The van der Waals surface area contributed by atoms with Gasteiger partial charge in [-0.25, -0.2) is 0 Å². The second-order valence-corrected chi connectivity index (χ2v) is 6.62. The standard InChI is InChI=1S/C18H37NO/c1-4-6-8-10-12-14-16-18(3,19-20)17-15-13-11-9-7-5-2/h4-17H2,1-3H3. The lowest BCUT2D eigenvalue weighted by Crippen LogP contribution is -2.21. The van der Waals surface area contributed by atoms with E-state index in [0.717, 1.165) is 12.8 Å². The molecular weight excluding hydrogens is 246 g/mol. The lowest BCUT2D eigenvalue weighted by Gasteiger charge is -2.21. The van der Waals surface area contributed by atoms with Crippen LogP contribution in [0.3, 0.4) is 0 Å². The molecule has 120 valence electrons. The van der Waals surface area contributed by atoms with Crippen LogP contribution < -0.4 is 0 Å². The van der Waals surface area contributed by atoms with Gasteiger partial charge in [-0.3, -0.25) is 0 Å². The summed E-state index contributed by atoms with van der Waals surface area (Å²) in [7, 11) is 0. The molecule has 0 amide bonds. The van der Waals surface area contributed by atoms with Gasteiger partial charge in [0.1, 0.15) is 0 Å². The highest BCUT2D eigenvalue weighted by Gasteiger charge is 2.23. The molecule has 20 heavy (non-hydrogen) atoms. The van der Waals surface area contributed by atoms with E-state index in [1.807, 2.05) is 0 Å². The van der Waals surface area contributed by atoms with Crippen LogP contribution in [-0.2, 0) is 0 Å². The maximum atomic E-state index is 11.1. The molecule has 0 unspecified atom stereocenters. The Morgan fingerprint density at radius 1 is 0.650 bits per heavy atom. The average Bonchev–Trinajstić information content (AvgIpc) is 2.46. The predicted molar refractivity (Wildman–Crippen MR) is 90.2 cm³/mol. The van der Waals surface area contributed by atoms with E-state index in [1.165, 1.54) is 77.0 Å². The Morgan fingerprint density at radius 2 is 1.00 bits per heavy atom. The molecule has 0 saturated carbocycles. The molecule has 2 heteroatoms. The summed E-state index contributed by atoms with van der Waals surface area (Å²) in [4.78, 5) is 11.1. The summed E-state index contributed by atoms with van der Waals surface area (Å²) in [6.45, 7) is 6.54. The van der Waals surface area contributed by atoms with Crippen LogP contribution in [-0.4, -0.2) is 5.54 Å². The number of rotatable bonds is 15. The number of unbranched alkanes of at least 4 members (excludes halogenated alkanes) is 10. The van der Waals surface area contributed by atoms with Crippen molar-refractivity contribution in [2.45, 2.75) is 116 Å². The molecule has 0 heterocycles. The number of nitroso groups, excluding NO2 is 1. The minimum atomic E-state index is -0.296. The van der Waals surface area contributed by atoms with Gasteiger partial charge in [-0.1, -0.05) is 96.1 Å². The van der Waals surface area contributed by atoms with Crippen LogP contribution in [0.2, 0.25) is 0 Å². The van der Waals surface area contributed by atoms with Crippen molar-refractivity contribution >= 4 is 0 Å². The van der Waals surface area contributed by atoms with E-state index >= 15 is 0 Å². The van der Waals surface area contributed by atoms with Gasteiger partial charge in [-0.05, 0) is 19.8 Å². The lowest BCUT2D eigenvalue weighted by molar-refractivity contribution is 0.364.